The highest BCUT2D eigenvalue weighted by atomic mass is 16.5. The Morgan fingerprint density at radius 1 is 0.750 bits per heavy atom. The SMILES string of the molecule is C=COc1ccc(C(=O)c2ccc(OC=C)cc2)cc1. The number of carbonyl (C=O) groups is 1. The van der Waals surface area contributed by atoms with E-state index in [1.165, 1.54) is 12.5 Å². The van der Waals surface area contributed by atoms with E-state index in [9.17, 15) is 4.79 Å². The van der Waals surface area contributed by atoms with Crippen LogP contribution in [0.3, 0.4) is 0 Å². The van der Waals surface area contributed by atoms with Gasteiger partial charge in [-0.2, -0.15) is 0 Å². The molecule has 0 unspecified atom stereocenters. The normalized spacial score (nSPS) is 9.60. The van der Waals surface area contributed by atoms with Crippen LogP contribution < -0.4 is 9.47 Å². The molecule has 2 rings (SSSR count). The zero-order valence-electron chi connectivity index (χ0n) is 10.9. The molecule has 0 spiro atoms. The number of ketones is 1. The van der Waals surface area contributed by atoms with Gasteiger partial charge in [-0.3, -0.25) is 4.79 Å². The maximum Gasteiger partial charge on any atom is 0.193 e. The number of ether oxygens (including phenoxy) is 2. The Kier molecular flexibility index (Phi) is 4.35. The molecule has 0 saturated carbocycles. The lowest BCUT2D eigenvalue weighted by atomic mass is 10.0. The fourth-order valence-corrected chi connectivity index (χ4v) is 1.73. The molecule has 0 aliphatic carbocycles. The second-order valence-corrected chi connectivity index (χ2v) is 3.95. The maximum absolute atomic E-state index is 12.3. The Balaban J connectivity index is 2.17. The molecule has 0 aliphatic heterocycles. The van der Waals surface area contributed by atoms with Gasteiger partial charge in [0.25, 0.3) is 0 Å². The molecule has 20 heavy (non-hydrogen) atoms. The molecule has 0 aliphatic rings. The summed E-state index contributed by atoms with van der Waals surface area (Å²) in [7, 11) is 0. The van der Waals surface area contributed by atoms with Gasteiger partial charge in [-0.25, -0.2) is 0 Å². The second-order valence-electron chi connectivity index (χ2n) is 3.95. The Labute approximate surface area is 117 Å². The van der Waals surface area contributed by atoms with Crippen LogP contribution in [-0.2, 0) is 0 Å². The van der Waals surface area contributed by atoms with Gasteiger partial charge < -0.3 is 9.47 Å². The first-order chi connectivity index (χ1) is 9.74. The van der Waals surface area contributed by atoms with Crippen molar-refractivity contribution in [1.82, 2.24) is 0 Å². The molecule has 100 valence electrons. The molecule has 2 aromatic carbocycles. The molecule has 0 heterocycles. The number of benzene rings is 2. The van der Waals surface area contributed by atoms with Gasteiger partial charge in [-0.05, 0) is 48.5 Å². The molecule has 0 fully saturated rings. The zero-order chi connectivity index (χ0) is 14.4. The Bertz CT molecular complexity index is 554. The van der Waals surface area contributed by atoms with Gasteiger partial charge in [0, 0.05) is 11.1 Å². The molecular formula is C17H14O3. The molecule has 0 saturated heterocycles. The average Bonchev–Trinajstić information content (AvgIpc) is 2.49. The third-order valence-electron chi connectivity index (χ3n) is 2.67. The van der Waals surface area contributed by atoms with E-state index in [-0.39, 0.29) is 5.78 Å². The second kappa shape index (κ2) is 6.38. The third kappa shape index (κ3) is 3.14. The highest BCUT2D eigenvalue weighted by Gasteiger charge is 2.09. The summed E-state index contributed by atoms with van der Waals surface area (Å²) in [6.07, 6.45) is 2.68. The van der Waals surface area contributed by atoms with Crippen LogP contribution >= 0.6 is 0 Å². The molecule has 0 bridgehead atoms. The van der Waals surface area contributed by atoms with Crippen molar-refractivity contribution in [2.24, 2.45) is 0 Å². The predicted octanol–water partition coefficient (Wildman–Crippen LogP) is 3.96. The van der Waals surface area contributed by atoms with E-state index in [0.717, 1.165) is 0 Å². The summed E-state index contributed by atoms with van der Waals surface area (Å²) in [6.45, 7) is 6.95. The van der Waals surface area contributed by atoms with Crippen molar-refractivity contribution in [1.29, 1.82) is 0 Å². The molecule has 0 amide bonds. The van der Waals surface area contributed by atoms with Crippen molar-refractivity contribution in [3.8, 4) is 11.5 Å². The summed E-state index contributed by atoms with van der Waals surface area (Å²) < 4.78 is 10.2. The Morgan fingerprint density at radius 3 is 1.40 bits per heavy atom. The number of hydrogen-bond donors (Lipinski definition) is 0. The lowest BCUT2D eigenvalue weighted by Gasteiger charge is -2.04. The topological polar surface area (TPSA) is 35.5 Å². The summed E-state index contributed by atoms with van der Waals surface area (Å²) in [5.74, 6) is 1.23. The van der Waals surface area contributed by atoms with Crippen molar-refractivity contribution >= 4 is 5.78 Å². The van der Waals surface area contributed by atoms with Crippen LogP contribution in [0.25, 0.3) is 0 Å². The number of hydrogen-bond acceptors (Lipinski definition) is 3. The van der Waals surface area contributed by atoms with Gasteiger partial charge in [0.05, 0.1) is 12.5 Å². The number of carbonyl (C=O) groups excluding carboxylic acids is 1. The van der Waals surface area contributed by atoms with Crippen LogP contribution in [0.1, 0.15) is 15.9 Å². The van der Waals surface area contributed by atoms with E-state index in [1.54, 1.807) is 48.5 Å². The highest BCUT2D eigenvalue weighted by molar-refractivity contribution is 6.09. The largest absolute Gasteiger partial charge is 0.466 e. The summed E-state index contributed by atoms with van der Waals surface area (Å²) in [6, 6.07) is 13.8. The van der Waals surface area contributed by atoms with E-state index in [2.05, 4.69) is 13.2 Å². The van der Waals surface area contributed by atoms with Crippen molar-refractivity contribution in [2.75, 3.05) is 0 Å². The molecule has 0 aromatic heterocycles. The molecular weight excluding hydrogens is 252 g/mol. The molecule has 3 nitrogen and oxygen atoms in total. The van der Waals surface area contributed by atoms with E-state index in [4.69, 9.17) is 9.47 Å². The fourth-order valence-electron chi connectivity index (χ4n) is 1.73. The van der Waals surface area contributed by atoms with Gasteiger partial charge in [0.1, 0.15) is 11.5 Å². The molecule has 2 aromatic rings. The van der Waals surface area contributed by atoms with Gasteiger partial charge in [-0.1, -0.05) is 13.2 Å². The van der Waals surface area contributed by atoms with Gasteiger partial charge >= 0.3 is 0 Å². The smallest absolute Gasteiger partial charge is 0.193 e. The van der Waals surface area contributed by atoms with Crippen molar-refractivity contribution in [2.45, 2.75) is 0 Å². The minimum absolute atomic E-state index is 0.0553. The van der Waals surface area contributed by atoms with E-state index < -0.39 is 0 Å². The van der Waals surface area contributed by atoms with Gasteiger partial charge in [0.15, 0.2) is 5.78 Å². The van der Waals surface area contributed by atoms with Crippen LogP contribution in [-0.4, -0.2) is 5.78 Å². The Morgan fingerprint density at radius 2 is 1.10 bits per heavy atom. The first-order valence-corrected chi connectivity index (χ1v) is 6.04. The molecule has 0 radical (unpaired) electrons. The van der Waals surface area contributed by atoms with Crippen molar-refractivity contribution < 1.29 is 14.3 Å². The van der Waals surface area contributed by atoms with Crippen LogP contribution in [0.5, 0.6) is 11.5 Å². The van der Waals surface area contributed by atoms with Crippen molar-refractivity contribution in [3.63, 3.8) is 0 Å². The lowest BCUT2D eigenvalue weighted by Crippen LogP contribution is -2.00. The van der Waals surface area contributed by atoms with E-state index in [1.807, 2.05) is 0 Å². The first kappa shape index (κ1) is 13.6. The third-order valence-corrected chi connectivity index (χ3v) is 2.67. The van der Waals surface area contributed by atoms with E-state index >= 15 is 0 Å². The van der Waals surface area contributed by atoms with Crippen LogP contribution in [0.15, 0.2) is 74.2 Å². The van der Waals surface area contributed by atoms with Crippen LogP contribution in [0, 0.1) is 0 Å². The van der Waals surface area contributed by atoms with Crippen LogP contribution in [0.4, 0.5) is 0 Å². The zero-order valence-corrected chi connectivity index (χ0v) is 10.9. The monoisotopic (exact) mass is 266 g/mol. The molecule has 0 atom stereocenters. The molecule has 0 N–H and O–H groups in total. The van der Waals surface area contributed by atoms with Gasteiger partial charge in [-0.15, -0.1) is 0 Å². The highest BCUT2D eigenvalue weighted by Crippen LogP contribution is 2.18. The average molecular weight is 266 g/mol. The standard InChI is InChI=1S/C17H14O3/c1-3-19-15-9-5-13(6-10-15)17(18)14-7-11-16(12-8-14)20-4-2/h3-12H,1-2H2. The number of rotatable bonds is 6. The quantitative estimate of drug-likeness (QED) is 0.586. The van der Waals surface area contributed by atoms with Gasteiger partial charge in [0.2, 0.25) is 0 Å². The Hall–Kier alpha value is -2.81. The summed E-state index contributed by atoms with van der Waals surface area (Å²) in [5, 5.41) is 0. The van der Waals surface area contributed by atoms with E-state index in [0.29, 0.717) is 22.6 Å². The molecule has 3 heteroatoms. The fraction of sp³-hybridized carbons (Fsp3) is 0. The lowest BCUT2D eigenvalue weighted by molar-refractivity contribution is 0.103. The van der Waals surface area contributed by atoms with Crippen molar-refractivity contribution in [3.05, 3.63) is 85.3 Å². The summed E-state index contributed by atoms with van der Waals surface area (Å²) >= 11 is 0. The predicted molar refractivity (Wildman–Crippen MR) is 78.0 cm³/mol. The summed E-state index contributed by atoms with van der Waals surface area (Å²) in [5.41, 5.74) is 1.19. The first-order valence-electron chi connectivity index (χ1n) is 6.04. The summed E-state index contributed by atoms with van der Waals surface area (Å²) in [4.78, 5) is 12.3. The van der Waals surface area contributed by atoms with Crippen LogP contribution in [0.2, 0.25) is 0 Å². The minimum atomic E-state index is -0.0553. The minimum Gasteiger partial charge on any atom is -0.466 e. The maximum atomic E-state index is 12.3.